The Hall–Kier alpha value is -1.11. The molecule has 1 aromatic rings. The van der Waals surface area contributed by atoms with E-state index in [0.29, 0.717) is 31.9 Å². The monoisotopic (exact) mass is 315 g/mol. The second kappa shape index (κ2) is 5.69. The molecule has 5 nitrogen and oxygen atoms in total. The lowest BCUT2D eigenvalue weighted by Gasteiger charge is -2.31. The first-order chi connectivity index (χ1) is 8.59. The molecule has 1 heterocycles. The quantitative estimate of drug-likeness (QED) is 0.882. The number of benzene rings is 1. The Morgan fingerprint density at radius 1 is 1.39 bits per heavy atom. The number of carbonyl (C=O) groups is 1. The van der Waals surface area contributed by atoms with E-state index in [4.69, 9.17) is 9.84 Å². The van der Waals surface area contributed by atoms with Crippen LogP contribution >= 0.6 is 15.9 Å². The molecule has 1 unspecified atom stereocenters. The molecule has 1 fully saturated rings. The van der Waals surface area contributed by atoms with E-state index in [9.17, 15) is 9.90 Å². The highest BCUT2D eigenvalue weighted by Gasteiger charge is 2.23. The molecule has 0 amide bonds. The number of nitrogens with zero attached hydrogens (tertiary/aromatic N) is 1. The minimum Gasteiger partial charge on any atom is -0.479 e. The zero-order chi connectivity index (χ0) is 13.1. The number of hydrogen-bond donors (Lipinski definition) is 2. The third kappa shape index (κ3) is 2.82. The van der Waals surface area contributed by atoms with Crippen LogP contribution in [0.15, 0.2) is 22.7 Å². The van der Waals surface area contributed by atoms with Gasteiger partial charge in [0, 0.05) is 28.8 Å². The second-order valence-electron chi connectivity index (χ2n) is 4.04. The topological polar surface area (TPSA) is 70.0 Å². The molecule has 1 aromatic carbocycles. The van der Waals surface area contributed by atoms with Crippen LogP contribution in [0, 0.1) is 0 Å². The van der Waals surface area contributed by atoms with E-state index in [-0.39, 0.29) is 0 Å². The van der Waals surface area contributed by atoms with Gasteiger partial charge in [0.25, 0.3) is 0 Å². The van der Waals surface area contributed by atoms with E-state index < -0.39 is 12.1 Å². The maximum atomic E-state index is 10.9. The maximum absolute atomic E-state index is 10.9. The highest BCUT2D eigenvalue weighted by Crippen LogP contribution is 2.30. The van der Waals surface area contributed by atoms with Crippen molar-refractivity contribution in [1.82, 2.24) is 0 Å². The first kappa shape index (κ1) is 13.3. The van der Waals surface area contributed by atoms with Crippen molar-refractivity contribution in [2.24, 2.45) is 0 Å². The van der Waals surface area contributed by atoms with E-state index >= 15 is 0 Å². The Balaban J connectivity index is 2.36. The van der Waals surface area contributed by atoms with Gasteiger partial charge in [0.05, 0.1) is 13.2 Å². The van der Waals surface area contributed by atoms with Crippen molar-refractivity contribution < 1.29 is 19.7 Å². The smallest absolute Gasteiger partial charge is 0.337 e. The van der Waals surface area contributed by atoms with Crippen LogP contribution in [-0.4, -0.2) is 42.5 Å². The molecule has 1 aliphatic rings. The van der Waals surface area contributed by atoms with E-state index in [1.807, 2.05) is 17.0 Å². The van der Waals surface area contributed by atoms with Gasteiger partial charge in [0.2, 0.25) is 0 Å². The number of hydrogen-bond acceptors (Lipinski definition) is 4. The van der Waals surface area contributed by atoms with Crippen LogP contribution in [0.3, 0.4) is 0 Å². The first-order valence-electron chi connectivity index (χ1n) is 5.62. The lowest BCUT2D eigenvalue weighted by atomic mass is 10.1. The lowest BCUT2D eigenvalue weighted by molar-refractivity contribution is -0.146. The van der Waals surface area contributed by atoms with Crippen LogP contribution in [0.4, 0.5) is 5.69 Å². The number of morpholine rings is 1. The summed E-state index contributed by atoms with van der Waals surface area (Å²) in [6, 6.07) is 5.29. The summed E-state index contributed by atoms with van der Waals surface area (Å²) in [7, 11) is 0. The molecule has 2 N–H and O–H groups in total. The standard InChI is InChI=1S/C12H14BrNO4/c13-8-1-2-10(14-3-5-18-6-4-14)9(7-8)11(15)12(16)17/h1-2,7,11,15H,3-6H2,(H,16,17). The fraction of sp³-hybridized carbons (Fsp3) is 0.417. The Morgan fingerprint density at radius 3 is 2.67 bits per heavy atom. The van der Waals surface area contributed by atoms with Crippen molar-refractivity contribution in [3.63, 3.8) is 0 Å². The highest BCUT2D eigenvalue weighted by atomic mass is 79.9. The zero-order valence-corrected chi connectivity index (χ0v) is 11.3. The number of anilines is 1. The molecule has 2 rings (SSSR count). The van der Waals surface area contributed by atoms with Gasteiger partial charge < -0.3 is 19.8 Å². The Labute approximate surface area is 113 Å². The predicted octanol–water partition coefficient (Wildman–Crippen LogP) is 1.40. The van der Waals surface area contributed by atoms with Gasteiger partial charge in [-0.3, -0.25) is 0 Å². The molecular formula is C12H14BrNO4. The van der Waals surface area contributed by atoms with Gasteiger partial charge in [0.1, 0.15) is 0 Å². The largest absolute Gasteiger partial charge is 0.479 e. The molecule has 1 saturated heterocycles. The SMILES string of the molecule is O=C(O)C(O)c1cc(Br)ccc1N1CCOCC1. The van der Waals surface area contributed by atoms with Crippen LogP contribution in [0.2, 0.25) is 0 Å². The maximum Gasteiger partial charge on any atom is 0.337 e. The van der Waals surface area contributed by atoms with Gasteiger partial charge in [-0.05, 0) is 18.2 Å². The van der Waals surface area contributed by atoms with Crippen LogP contribution in [0.5, 0.6) is 0 Å². The number of rotatable bonds is 3. The summed E-state index contributed by atoms with van der Waals surface area (Å²) in [5, 5.41) is 18.7. The first-order valence-corrected chi connectivity index (χ1v) is 6.42. The van der Waals surface area contributed by atoms with Gasteiger partial charge in [-0.15, -0.1) is 0 Å². The molecular weight excluding hydrogens is 302 g/mol. The van der Waals surface area contributed by atoms with Crippen molar-refractivity contribution in [2.75, 3.05) is 31.2 Å². The number of ether oxygens (including phenoxy) is 1. The molecule has 0 saturated carbocycles. The number of halogens is 1. The number of aliphatic hydroxyl groups excluding tert-OH is 1. The predicted molar refractivity (Wildman–Crippen MR) is 69.8 cm³/mol. The van der Waals surface area contributed by atoms with Crippen molar-refractivity contribution in [1.29, 1.82) is 0 Å². The van der Waals surface area contributed by atoms with Crippen molar-refractivity contribution in [2.45, 2.75) is 6.10 Å². The molecule has 0 radical (unpaired) electrons. The van der Waals surface area contributed by atoms with Gasteiger partial charge in [-0.25, -0.2) is 4.79 Å². The van der Waals surface area contributed by atoms with Crippen LogP contribution in [-0.2, 0) is 9.53 Å². The zero-order valence-electron chi connectivity index (χ0n) is 9.67. The van der Waals surface area contributed by atoms with Crippen molar-refractivity contribution in [3.05, 3.63) is 28.2 Å². The fourth-order valence-corrected chi connectivity index (χ4v) is 2.35. The van der Waals surface area contributed by atoms with Crippen molar-refractivity contribution >= 4 is 27.6 Å². The summed E-state index contributed by atoms with van der Waals surface area (Å²) in [6.07, 6.45) is -1.51. The molecule has 0 aliphatic carbocycles. The van der Waals surface area contributed by atoms with Crippen LogP contribution < -0.4 is 4.90 Å². The van der Waals surface area contributed by atoms with Crippen molar-refractivity contribution in [3.8, 4) is 0 Å². The second-order valence-corrected chi connectivity index (χ2v) is 4.96. The fourth-order valence-electron chi connectivity index (χ4n) is 1.97. The Kier molecular flexibility index (Phi) is 4.21. The average molecular weight is 316 g/mol. The number of aliphatic carboxylic acids is 1. The van der Waals surface area contributed by atoms with E-state index in [1.165, 1.54) is 0 Å². The minimum atomic E-state index is -1.51. The minimum absolute atomic E-state index is 0.402. The molecule has 6 heteroatoms. The van der Waals surface area contributed by atoms with E-state index in [2.05, 4.69) is 15.9 Å². The van der Waals surface area contributed by atoms with Gasteiger partial charge in [0.15, 0.2) is 6.10 Å². The average Bonchev–Trinajstić information content (AvgIpc) is 2.38. The molecule has 98 valence electrons. The molecule has 0 bridgehead atoms. The summed E-state index contributed by atoms with van der Waals surface area (Å²) < 4.78 is 6.01. The third-order valence-corrected chi connectivity index (χ3v) is 3.36. The number of carboxylic acids is 1. The Morgan fingerprint density at radius 2 is 2.06 bits per heavy atom. The molecule has 1 atom stereocenters. The summed E-state index contributed by atoms with van der Waals surface area (Å²) in [5.74, 6) is -1.25. The van der Waals surface area contributed by atoms with Gasteiger partial charge >= 0.3 is 5.97 Å². The highest BCUT2D eigenvalue weighted by molar-refractivity contribution is 9.10. The molecule has 1 aliphatic heterocycles. The van der Waals surface area contributed by atoms with Crippen LogP contribution in [0.25, 0.3) is 0 Å². The number of carboxylic acid groups (broad SMARTS) is 1. The molecule has 18 heavy (non-hydrogen) atoms. The summed E-state index contributed by atoms with van der Waals surface area (Å²) >= 11 is 3.29. The Bertz CT molecular complexity index is 446. The van der Waals surface area contributed by atoms with Crippen LogP contribution in [0.1, 0.15) is 11.7 Å². The summed E-state index contributed by atoms with van der Waals surface area (Å²) in [6.45, 7) is 2.61. The lowest BCUT2D eigenvalue weighted by Crippen LogP contribution is -2.37. The molecule has 0 aromatic heterocycles. The van der Waals surface area contributed by atoms with Gasteiger partial charge in [-0.1, -0.05) is 15.9 Å². The van der Waals surface area contributed by atoms with E-state index in [0.717, 1.165) is 10.2 Å². The molecule has 0 spiro atoms. The van der Waals surface area contributed by atoms with E-state index in [1.54, 1.807) is 6.07 Å². The summed E-state index contributed by atoms with van der Waals surface area (Å²) in [4.78, 5) is 13.0. The number of aliphatic hydroxyl groups is 1. The normalized spacial score (nSPS) is 17.6. The third-order valence-electron chi connectivity index (χ3n) is 2.87. The summed E-state index contributed by atoms with van der Waals surface area (Å²) in [5.41, 5.74) is 1.15. The van der Waals surface area contributed by atoms with Gasteiger partial charge in [-0.2, -0.15) is 0 Å².